The Morgan fingerprint density at radius 1 is 1.02 bits per heavy atom. The molecule has 16 heteroatoms. The first-order valence-electron chi connectivity index (χ1n) is 16.1. The van der Waals surface area contributed by atoms with E-state index < -0.39 is 21.9 Å². The molecule has 4 heterocycles. The Morgan fingerprint density at radius 3 is 2.30 bits per heavy atom. The van der Waals surface area contributed by atoms with Crippen LogP contribution in [-0.4, -0.2) is 93.5 Å². The third-order valence-electron chi connectivity index (χ3n) is 9.87. The molecular weight excluding hydrogens is 654 g/mol. The number of amides is 2. The number of halogens is 3. The lowest BCUT2D eigenvalue weighted by Gasteiger charge is -2.36. The first kappa shape index (κ1) is 33.9. The van der Waals surface area contributed by atoms with Gasteiger partial charge in [0, 0.05) is 87.4 Å². The lowest BCUT2D eigenvalue weighted by Crippen LogP contribution is -2.49. The number of anilines is 2. The van der Waals surface area contributed by atoms with Gasteiger partial charge in [-0.25, -0.2) is 22.2 Å². The van der Waals surface area contributed by atoms with Crippen molar-refractivity contribution in [2.24, 2.45) is 23.3 Å². The fourth-order valence-corrected chi connectivity index (χ4v) is 8.66. The maximum atomic E-state index is 15.9. The smallest absolute Gasteiger partial charge is 0.276 e. The van der Waals surface area contributed by atoms with Crippen LogP contribution >= 0.6 is 11.6 Å². The van der Waals surface area contributed by atoms with Crippen molar-refractivity contribution in [1.82, 2.24) is 19.9 Å². The zero-order chi connectivity index (χ0) is 33.5. The SMILES string of the molecule is NC1CNCC1NC(=O)C1CCC(C(F)(F)c2cc(Cl)nc(N3CCN(S(=O)(=O)c4ccc(N5C[C@H](N)CC5=O)cc4)CC3)c2)CC1. The molecule has 1 aromatic heterocycles. The summed E-state index contributed by atoms with van der Waals surface area (Å²) in [5.41, 5.74) is 12.2. The number of carbonyl (C=O) groups is 2. The number of carbonyl (C=O) groups excluding carboxylic acids is 2. The fraction of sp³-hybridized carbons (Fsp3) is 0.581. The zero-order valence-corrected chi connectivity index (χ0v) is 27.5. The van der Waals surface area contributed by atoms with Crippen LogP contribution in [0.3, 0.4) is 0 Å². The number of piperazine rings is 1. The molecule has 256 valence electrons. The van der Waals surface area contributed by atoms with Crippen LogP contribution in [0.5, 0.6) is 0 Å². The average molecular weight is 695 g/mol. The van der Waals surface area contributed by atoms with E-state index in [1.165, 1.54) is 28.6 Å². The second-order valence-corrected chi connectivity index (χ2v) is 15.3. The molecule has 3 saturated heterocycles. The summed E-state index contributed by atoms with van der Waals surface area (Å²) in [6.45, 7) is 2.32. The number of hydrogen-bond acceptors (Lipinski definition) is 9. The molecule has 3 atom stereocenters. The molecule has 47 heavy (non-hydrogen) atoms. The van der Waals surface area contributed by atoms with Crippen LogP contribution in [-0.2, 0) is 25.5 Å². The summed E-state index contributed by atoms with van der Waals surface area (Å²) in [5, 5.41) is 6.03. The lowest BCUT2D eigenvalue weighted by molar-refractivity contribution is -0.129. The van der Waals surface area contributed by atoms with Crippen molar-refractivity contribution in [1.29, 1.82) is 0 Å². The van der Waals surface area contributed by atoms with Gasteiger partial charge in [-0.15, -0.1) is 0 Å². The van der Waals surface area contributed by atoms with Crippen LogP contribution < -0.4 is 31.9 Å². The molecule has 2 amide bonds. The van der Waals surface area contributed by atoms with Crippen molar-refractivity contribution in [3.8, 4) is 0 Å². The highest BCUT2D eigenvalue weighted by Crippen LogP contribution is 2.46. The van der Waals surface area contributed by atoms with Crippen molar-refractivity contribution < 1.29 is 26.8 Å². The van der Waals surface area contributed by atoms with E-state index in [-0.39, 0.29) is 103 Å². The van der Waals surface area contributed by atoms with Crippen molar-refractivity contribution in [2.45, 2.75) is 61.0 Å². The number of pyridine rings is 1. The maximum absolute atomic E-state index is 15.9. The average Bonchev–Trinajstić information content (AvgIpc) is 3.63. The molecule has 0 spiro atoms. The predicted molar refractivity (Wildman–Crippen MR) is 174 cm³/mol. The van der Waals surface area contributed by atoms with Gasteiger partial charge in [-0.1, -0.05) is 11.6 Å². The van der Waals surface area contributed by atoms with Crippen molar-refractivity contribution >= 4 is 44.9 Å². The van der Waals surface area contributed by atoms with Gasteiger partial charge in [-0.3, -0.25) is 9.59 Å². The van der Waals surface area contributed by atoms with Crippen LogP contribution in [0.2, 0.25) is 5.15 Å². The second-order valence-electron chi connectivity index (χ2n) is 13.0. The Kier molecular flexibility index (Phi) is 9.76. The monoisotopic (exact) mass is 694 g/mol. The quantitative estimate of drug-likeness (QED) is 0.301. The summed E-state index contributed by atoms with van der Waals surface area (Å²) in [5.74, 6) is -4.45. The molecule has 4 aliphatic rings. The van der Waals surface area contributed by atoms with Crippen LogP contribution in [0.15, 0.2) is 41.3 Å². The van der Waals surface area contributed by atoms with Gasteiger partial charge in [0.2, 0.25) is 21.8 Å². The van der Waals surface area contributed by atoms with Gasteiger partial charge < -0.3 is 31.9 Å². The van der Waals surface area contributed by atoms with E-state index in [0.29, 0.717) is 38.2 Å². The second kappa shape index (κ2) is 13.5. The Hall–Kier alpha value is -2.95. The lowest BCUT2D eigenvalue weighted by atomic mass is 9.77. The standard InChI is InChI=1S/C31H41ClF2N8O4S/c32-27-13-21(31(33,34)20-3-1-19(2-4-20)30(44)38-26-17-37-16-25(26)36)14-28(39-27)40-9-11-41(12-10-40)47(45,46)24-7-5-23(6-8-24)42-18-22(35)15-29(42)43/h5-8,13-14,19-20,22,25-26,37H,1-4,9-12,15-18,35-36H2,(H,38,44)/t19?,20?,22-,25?,26?/m1/s1. The Labute approximate surface area is 278 Å². The minimum atomic E-state index is -3.83. The Morgan fingerprint density at radius 2 is 1.70 bits per heavy atom. The number of nitrogens with zero attached hydrogens (tertiary/aromatic N) is 4. The molecule has 4 fully saturated rings. The van der Waals surface area contributed by atoms with E-state index in [9.17, 15) is 18.0 Å². The van der Waals surface area contributed by atoms with E-state index in [2.05, 4.69) is 15.6 Å². The number of sulfonamides is 1. The van der Waals surface area contributed by atoms with Gasteiger partial charge in [-0.2, -0.15) is 4.31 Å². The van der Waals surface area contributed by atoms with Crippen molar-refractivity contribution in [2.75, 3.05) is 55.6 Å². The third kappa shape index (κ3) is 7.10. The van der Waals surface area contributed by atoms with Crippen LogP contribution in [0, 0.1) is 11.8 Å². The molecule has 2 aromatic rings. The number of alkyl halides is 2. The molecule has 1 saturated carbocycles. The Balaban J connectivity index is 1.06. The van der Waals surface area contributed by atoms with Gasteiger partial charge in [-0.05, 0) is 62.1 Å². The van der Waals surface area contributed by atoms with Gasteiger partial charge in [0.05, 0.1) is 10.9 Å². The number of rotatable bonds is 8. The molecule has 0 bridgehead atoms. The molecule has 3 aliphatic heterocycles. The van der Waals surface area contributed by atoms with Crippen molar-refractivity contribution in [3.63, 3.8) is 0 Å². The fourth-order valence-electron chi connectivity index (χ4n) is 7.04. The normalized spacial score (nSPS) is 27.8. The Bertz CT molecular complexity index is 1580. The van der Waals surface area contributed by atoms with Gasteiger partial charge in [0.1, 0.15) is 11.0 Å². The molecule has 12 nitrogen and oxygen atoms in total. The predicted octanol–water partition coefficient (Wildman–Crippen LogP) is 1.62. The summed E-state index contributed by atoms with van der Waals surface area (Å²) in [4.78, 5) is 32.6. The number of hydrogen-bond donors (Lipinski definition) is 4. The summed E-state index contributed by atoms with van der Waals surface area (Å²) >= 11 is 6.25. The van der Waals surface area contributed by atoms with Gasteiger partial charge >= 0.3 is 0 Å². The van der Waals surface area contributed by atoms with E-state index >= 15 is 8.78 Å². The number of benzene rings is 1. The molecule has 0 radical (unpaired) electrons. The summed E-state index contributed by atoms with van der Waals surface area (Å²) in [7, 11) is -3.83. The number of nitrogens with one attached hydrogen (secondary N) is 2. The molecule has 2 unspecified atom stereocenters. The number of nitrogens with two attached hydrogens (primary N) is 2. The van der Waals surface area contributed by atoms with E-state index in [1.54, 1.807) is 21.9 Å². The molecule has 6 rings (SSSR count). The van der Waals surface area contributed by atoms with Gasteiger partial charge in [0.25, 0.3) is 5.92 Å². The molecule has 6 N–H and O–H groups in total. The molecule has 1 aliphatic carbocycles. The topological polar surface area (TPSA) is 167 Å². The van der Waals surface area contributed by atoms with Crippen LogP contribution in [0.25, 0.3) is 0 Å². The number of aromatic nitrogens is 1. The van der Waals surface area contributed by atoms with Crippen LogP contribution in [0.1, 0.15) is 37.7 Å². The third-order valence-corrected chi connectivity index (χ3v) is 12.0. The zero-order valence-electron chi connectivity index (χ0n) is 26.0. The highest BCUT2D eigenvalue weighted by molar-refractivity contribution is 7.89. The molecule has 1 aromatic carbocycles. The maximum Gasteiger partial charge on any atom is 0.276 e. The largest absolute Gasteiger partial charge is 0.354 e. The minimum Gasteiger partial charge on any atom is -0.354 e. The van der Waals surface area contributed by atoms with E-state index in [1.807, 2.05) is 0 Å². The highest BCUT2D eigenvalue weighted by atomic mass is 35.5. The van der Waals surface area contributed by atoms with E-state index in [4.69, 9.17) is 23.1 Å². The minimum absolute atomic E-state index is 0.0701. The summed E-state index contributed by atoms with van der Waals surface area (Å²) in [6, 6.07) is 8.11. The summed E-state index contributed by atoms with van der Waals surface area (Å²) < 4.78 is 60.0. The summed E-state index contributed by atoms with van der Waals surface area (Å²) in [6.07, 6.45) is 1.35. The first-order chi connectivity index (χ1) is 22.3. The molecular formula is C31H41ClF2N8O4S. The first-order valence-corrected chi connectivity index (χ1v) is 17.9. The van der Waals surface area contributed by atoms with E-state index in [0.717, 1.165) is 0 Å². The van der Waals surface area contributed by atoms with Crippen molar-refractivity contribution in [3.05, 3.63) is 47.1 Å². The van der Waals surface area contributed by atoms with Crippen LogP contribution in [0.4, 0.5) is 20.3 Å². The highest BCUT2D eigenvalue weighted by Gasteiger charge is 2.45. The van der Waals surface area contributed by atoms with Gasteiger partial charge in [0.15, 0.2) is 0 Å².